The molecule has 0 atom stereocenters. The summed E-state index contributed by atoms with van der Waals surface area (Å²) in [5.41, 5.74) is 0. The van der Waals surface area contributed by atoms with E-state index < -0.39 is 0 Å². The molecule has 1 aliphatic carbocycles. The highest BCUT2D eigenvalue weighted by Gasteiger charge is 2.22. The molecular weight excluding hydrogens is 394 g/mol. The Morgan fingerprint density at radius 3 is 2.79 bits per heavy atom. The first kappa shape index (κ1) is 13.4. The number of aromatic nitrogens is 1. The lowest BCUT2D eigenvalue weighted by Gasteiger charge is -2.09. The molecule has 3 rings (SSSR count). The van der Waals surface area contributed by atoms with Crippen LogP contribution in [0, 0.1) is 5.92 Å². The van der Waals surface area contributed by atoms with Gasteiger partial charge in [-0.3, -0.25) is 0 Å². The summed E-state index contributed by atoms with van der Waals surface area (Å²) in [5, 5.41) is 0.616. The van der Waals surface area contributed by atoms with E-state index in [-0.39, 0.29) is 0 Å². The highest BCUT2D eigenvalue weighted by Crippen LogP contribution is 2.35. The Labute approximate surface area is 132 Å². The van der Waals surface area contributed by atoms with Crippen LogP contribution in [0.2, 0.25) is 0 Å². The molecule has 0 N–H and O–H groups in total. The molecule has 100 valence electrons. The van der Waals surface area contributed by atoms with Crippen molar-refractivity contribution in [1.82, 2.24) is 4.98 Å². The second kappa shape index (κ2) is 5.81. The number of halogens is 2. The van der Waals surface area contributed by atoms with E-state index in [1.165, 1.54) is 24.2 Å². The largest absolute Gasteiger partial charge is 0.492 e. The van der Waals surface area contributed by atoms with Crippen molar-refractivity contribution in [3.63, 3.8) is 0 Å². The molecule has 1 heterocycles. The number of hydrogen-bond acceptors (Lipinski definition) is 4. The Hall–Kier alpha value is -0.590. The maximum Gasteiger partial charge on any atom is 0.279 e. The Balaban J connectivity index is 1.67. The van der Waals surface area contributed by atoms with Crippen LogP contribution in [-0.2, 0) is 0 Å². The van der Waals surface area contributed by atoms with Crippen LogP contribution in [-0.4, -0.2) is 11.6 Å². The standard InChI is InChI=1S/C13H11Br2NO2S/c14-10-5-9(18-13-16-6-12(15)19-13)3-4-11(10)17-7-8-1-2-8/h3-6,8H,1-2,7H2. The predicted molar refractivity (Wildman–Crippen MR) is 82.2 cm³/mol. The van der Waals surface area contributed by atoms with Gasteiger partial charge in [-0.15, -0.1) is 0 Å². The Morgan fingerprint density at radius 2 is 2.16 bits per heavy atom. The average molecular weight is 405 g/mol. The van der Waals surface area contributed by atoms with Crippen molar-refractivity contribution in [1.29, 1.82) is 0 Å². The fraction of sp³-hybridized carbons (Fsp3) is 0.308. The van der Waals surface area contributed by atoms with Crippen LogP contribution in [0.3, 0.4) is 0 Å². The molecule has 1 aliphatic rings. The van der Waals surface area contributed by atoms with Gasteiger partial charge in [-0.25, -0.2) is 4.98 Å². The summed E-state index contributed by atoms with van der Waals surface area (Å²) in [6.07, 6.45) is 4.30. The number of thiazole rings is 1. The molecule has 0 amide bonds. The van der Waals surface area contributed by atoms with Gasteiger partial charge in [-0.2, -0.15) is 0 Å². The molecule has 0 spiro atoms. The summed E-state index contributed by atoms with van der Waals surface area (Å²) in [5.74, 6) is 2.35. The molecule has 0 radical (unpaired) electrons. The maximum atomic E-state index is 5.75. The number of rotatable bonds is 5. The van der Waals surface area contributed by atoms with Gasteiger partial charge in [0.2, 0.25) is 0 Å². The first-order chi connectivity index (χ1) is 9.20. The van der Waals surface area contributed by atoms with Crippen LogP contribution >= 0.6 is 43.2 Å². The van der Waals surface area contributed by atoms with E-state index in [1.807, 2.05) is 18.2 Å². The van der Waals surface area contributed by atoms with Gasteiger partial charge in [0, 0.05) is 0 Å². The minimum absolute atomic E-state index is 0.616. The van der Waals surface area contributed by atoms with E-state index in [0.717, 1.165) is 32.3 Å². The molecule has 0 unspecified atom stereocenters. The topological polar surface area (TPSA) is 31.4 Å². The molecule has 0 aliphatic heterocycles. The molecule has 0 bridgehead atoms. The third-order valence-electron chi connectivity index (χ3n) is 2.74. The van der Waals surface area contributed by atoms with Gasteiger partial charge in [0.05, 0.1) is 21.1 Å². The highest BCUT2D eigenvalue weighted by molar-refractivity contribution is 9.11. The zero-order valence-electron chi connectivity index (χ0n) is 9.94. The lowest BCUT2D eigenvalue weighted by molar-refractivity contribution is 0.297. The first-order valence-electron chi connectivity index (χ1n) is 5.92. The second-order valence-electron chi connectivity index (χ2n) is 4.38. The molecule has 1 saturated carbocycles. The quantitative estimate of drug-likeness (QED) is 0.681. The molecule has 1 aromatic heterocycles. The molecule has 2 aromatic rings. The van der Waals surface area contributed by atoms with Gasteiger partial charge >= 0.3 is 0 Å². The van der Waals surface area contributed by atoms with Gasteiger partial charge in [-0.1, -0.05) is 11.3 Å². The van der Waals surface area contributed by atoms with Crippen LogP contribution in [0.1, 0.15) is 12.8 Å². The second-order valence-corrected chi connectivity index (χ2v) is 7.61. The summed E-state index contributed by atoms with van der Waals surface area (Å²) < 4.78 is 13.3. The maximum absolute atomic E-state index is 5.75. The lowest BCUT2D eigenvalue weighted by atomic mass is 10.3. The molecular formula is C13H11Br2NO2S. The lowest BCUT2D eigenvalue weighted by Crippen LogP contribution is -1.99. The smallest absolute Gasteiger partial charge is 0.279 e. The molecule has 19 heavy (non-hydrogen) atoms. The Bertz CT molecular complexity index is 584. The molecule has 1 aromatic carbocycles. The number of benzene rings is 1. The van der Waals surface area contributed by atoms with E-state index in [2.05, 4.69) is 36.8 Å². The average Bonchev–Trinajstić information content (AvgIpc) is 3.12. The molecule has 0 saturated heterocycles. The van der Waals surface area contributed by atoms with Crippen LogP contribution < -0.4 is 9.47 Å². The van der Waals surface area contributed by atoms with Crippen molar-refractivity contribution in [3.05, 3.63) is 32.7 Å². The zero-order valence-corrected chi connectivity index (χ0v) is 13.9. The number of nitrogens with zero attached hydrogens (tertiary/aromatic N) is 1. The van der Waals surface area contributed by atoms with E-state index >= 15 is 0 Å². The van der Waals surface area contributed by atoms with Gasteiger partial charge in [0.1, 0.15) is 11.5 Å². The normalized spacial score (nSPS) is 14.4. The number of ether oxygens (including phenoxy) is 2. The van der Waals surface area contributed by atoms with Crippen LogP contribution in [0.25, 0.3) is 0 Å². The minimum Gasteiger partial charge on any atom is -0.492 e. The Morgan fingerprint density at radius 1 is 1.32 bits per heavy atom. The third-order valence-corrected chi connectivity index (χ3v) is 4.71. The van der Waals surface area contributed by atoms with Crippen molar-refractivity contribution < 1.29 is 9.47 Å². The van der Waals surface area contributed by atoms with Crippen LogP contribution in [0.5, 0.6) is 16.7 Å². The van der Waals surface area contributed by atoms with Crippen LogP contribution in [0.4, 0.5) is 0 Å². The Kier molecular flexibility index (Phi) is 4.10. The zero-order chi connectivity index (χ0) is 13.2. The summed E-state index contributed by atoms with van der Waals surface area (Å²) >= 11 is 8.32. The monoisotopic (exact) mass is 403 g/mol. The van der Waals surface area contributed by atoms with Crippen LogP contribution in [0.15, 0.2) is 32.7 Å². The van der Waals surface area contributed by atoms with Crippen molar-refractivity contribution in [2.24, 2.45) is 5.92 Å². The summed E-state index contributed by atoms with van der Waals surface area (Å²) in [4.78, 5) is 4.13. The van der Waals surface area contributed by atoms with Gasteiger partial charge < -0.3 is 9.47 Å². The summed E-state index contributed by atoms with van der Waals surface area (Å²) in [6, 6.07) is 5.71. The van der Waals surface area contributed by atoms with E-state index in [9.17, 15) is 0 Å². The fourth-order valence-electron chi connectivity index (χ4n) is 1.54. The van der Waals surface area contributed by atoms with Crippen molar-refractivity contribution in [2.75, 3.05) is 6.61 Å². The van der Waals surface area contributed by atoms with Crippen molar-refractivity contribution in [3.8, 4) is 16.7 Å². The summed E-state index contributed by atoms with van der Waals surface area (Å²) in [7, 11) is 0. The molecule has 6 heteroatoms. The summed E-state index contributed by atoms with van der Waals surface area (Å²) in [6.45, 7) is 0.804. The fourth-order valence-corrected chi connectivity index (χ4v) is 3.05. The minimum atomic E-state index is 0.616. The van der Waals surface area contributed by atoms with Gasteiger partial charge in [0.15, 0.2) is 0 Å². The SMILES string of the molecule is Brc1cnc(Oc2ccc(OCC3CC3)c(Br)c2)s1. The third kappa shape index (κ3) is 3.70. The van der Waals surface area contributed by atoms with Crippen molar-refractivity contribution in [2.45, 2.75) is 12.8 Å². The van der Waals surface area contributed by atoms with Gasteiger partial charge in [-0.05, 0) is 68.8 Å². The van der Waals surface area contributed by atoms with E-state index in [4.69, 9.17) is 9.47 Å². The van der Waals surface area contributed by atoms with Gasteiger partial charge in [0.25, 0.3) is 5.19 Å². The highest BCUT2D eigenvalue weighted by atomic mass is 79.9. The molecule has 1 fully saturated rings. The number of hydrogen-bond donors (Lipinski definition) is 0. The predicted octanol–water partition coefficient (Wildman–Crippen LogP) is 5.25. The van der Waals surface area contributed by atoms with Crippen molar-refractivity contribution >= 4 is 43.2 Å². The first-order valence-corrected chi connectivity index (χ1v) is 8.32. The molecule has 3 nitrogen and oxygen atoms in total. The van der Waals surface area contributed by atoms with E-state index in [1.54, 1.807) is 6.20 Å². The van der Waals surface area contributed by atoms with E-state index in [0.29, 0.717) is 5.19 Å².